The summed E-state index contributed by atoms with van der Waals surface area (Å²) in [5.41, 5.74) is 1.73. The smallest absolute Gasteiger partial charge is 0.208 e. The van der Waals surface area contributed by atoms with Crippen molar-refractivity contribution in [3.63, 3.8) is 0 Å². The van der Waals surface area contributed by atoms with Gasteiger partial charge >= 0.3 is 0 Å². The number of rotatable bonds is 0. The van der Waals surface area contributed by atoms with Gasteiger partial charge in [-0.15, -0.1) is 10.2 Å². The first kappa shape index (κ1) is 10.9. The third-order valence-electron chi connectivity index (χ3n) is 2.81. The van der Waals surface area contributed by atoms with Crippen molar-refractivity contribution in [2.75, 3.05) is 6.54 Å². The molecular formula is C13H13N5. The van der Waals surface area contributed by atoms with E-state index in [9.17, 15) is 0 Å². The van der Waals surface area contributed by atoms with Crippen LogP contribution >= 0.6 is 0 Å². The molecule has 0 bridgehead atoms. The average Bonchev–Trinajstić information content (AvgIpc) is 2.80. The molecule has 2 aromatic rings. The highest BCUT2D eigenvalue weighted by Crippen LogP contribution is 2.04. The molecule has 5 heteroatoms. The minimum atomic E-state index is 0.717. The maximum atomic E-state index is 4.34. The number of pyridine rings is 1. The van der Waals surface area contributed by atoms with Gasteiger partial charge in [-0.25, -0.2) is 4.98 Å². The monoisotopic (exact) mass is 239 g/mol. The summed E-state index contributed by atoms with van der Waals surface area (Å²) >= 11 is 0. The average molecular weight is 239 g/mol. The summed E-state index contributed by atoms with van der Waals surface area (Å²) in [6, 6.07) is 5.81. The predicted octanol–water partition coefficient (Wildman–Crippen LogP) is 0.485. The van der Waals surface area contributed by atoms with Gasteiger partial charge in [0.15, 0.2) is 0 Å². The third kappa shape index (κ3) is 2.11. The number of fused-ring (bicyclic) bond motifs is 1. The molecule has 0 unspecified atom stereocenters. The summed E-state index contributed by atoms with van der Waals surface area (Å²) in [5.74, 6) is 7.74. The zero-order valence-corrected chi connectivity index (χ0v) is 10.1. The third-order valence-corrected chi connectivity index (χ3v) is 2.81. The lowest BCUT2D eigenvalue weighted by atomic mass is 10.3. The second-order valence-electron chi connectivity index (χ2n) is 4.18. The van der Waals surface area contributed by atoms with Crippen molar-refractivity contribution in [3.8, 4) is 11.8 Å². The van der Waals surface area contributed by atoms with Gasteiger partial charge in [0.1, 0.15) is 11.5 Å². The van der Waals surface area contributed by atoms with Gasteiger partial charge in [-0.1, -0.05) is 6.07 Å². The van der Waals surface area contributed by atoms with Gasteiger partial charge in [-0.2, -0.15) is 0 Å². The lowest BCUT2D eigenvalue weighted by Crippen LogP contribution is -2.28. The number of aromatic nitrogens is 4. The summed E-state index contributed by atoms with van der Waals surface area (Å²) in [5, 5.41) is 11.5. The van der Waals surface area contributed by atoms with Crippen LogP contribution in [0.3, 0.4) is 0 Å². The van der Waals surface area contributed by atoms with Crippen LogP contribution in [0.2, 0.25) is 0 Å². The lowest BCUT2D eigenvalue weighted by molar-refractivity contribution is 0.503. The minimum Gasteiger partial charge on any atom is -0.308 e. The van der Waals surface area contributed by atoms with E-state index in [1.54, 1.807) is 0 Å². The Morgan fingerprint density at radius 1 is 1.28 bits per heavy atom. The highest BCUT2D eigenvalue weighted by atomic mass is 15.3. The molecule has 2 aromatic heterocycles. The highest BCUT2D eigenvalue weighted by molar-refractivity contribution is 5.34. The van der Waals surface area contributed by atoms with E-state index in [-0.39, 0.29) is 0 Å². The molecule has 0 spiro atoms. The summed E-state index contributed by atoms with van der Waals surface area (Å²) in [7, 11) is 0. The van der Waals surface area contributed by atoms with Gasteiger partial charge in [0.25, 0.3) is 0 Å². The standard InChI is InChI=1S/C13H13N5/c1-10-3-2-4-11(15-10)5-6-12-16-17-13-9-14-7-8-18(12)13/h2-4,14H,7-9H2,1H3. The quantitative estimate of drug-likeness (QED) is 0.680. The molecule has 3 rings (SSSR count). The maximum absolute atomic E-state index is 4.34. The van der Waals surface area contributed by atoms with Gasteiger partial charge in [0, 0.05) is 18.8 Å². The van der Waals surface area contributed by atoms with E-state index >= 15 is 0 Å². The summed E-state index contributed by atoms with van der Waals surface area (Å²) in [6.07, 6.45) is 0. The Labute approximate surface area is 105 Å². The van der Waals surface area contributed by atoms with E-state index in [0.29, 0.717) is 0 Å². The van der Waals surface area contributed by atoms with Crippen LogP contribution in [0.4, 0.5) is 0 Å². The SMILES string of the molecule is Cc1cccc(C#Cc2nnc3n2CCNC3)n1. The molecule has 0 atom stereocenters. The van der Waals surface area contributed by atoms with Crippen LogP contribution in [-0.4, -0.2) is 26.3 Å². The number of nitrogens with one attached hydrogen (secondary N) is 1. The molecule has 0 saturated heterocycles. The zero-order valence-electron chi connectivity index (χ0n) is 10.1. The summed E-state index contributed by atoms with van der Waals surface area (Å²) < 4.78 is 2.05. The van der Waals surface area contributed by atoms with Gasteiger partial charge in [-0.05, 0) is 30.9 Å². The van der Waals surface area contributed by atoms with Crippen LogP contribution < -0.4 is 5.32 Å². The normalized spacial score (nSPS) is 13.6. The molecular weight excluding hydrogens is 226 g/mol. The van der Waals surface area contributed by atoms with E-state index in [0.717, 1.165) is 42.7 Å². The molecule has 5 nitrogen and oxygen atoms in total. The van der Waals surface area contributed by atoms with E-state index in [1.807, 2.05) is 25.1 Å². The molecule has 3 heterocycles. The Hall–Kier alpha value is -2.19. The van der Waals surface area contributed by atoms with Crippen LogP contribution in [0.1, 0.15) is 23.0 Å². The Bertz CT molecular complexity index is 632. The highest BCUT2D eigenvalue weighted by Gasteiger charge is 2.13. The molecule has 0 fully saturated rings. The summed E-state index contributed by atoms with van der Waals surface area (Å²) in [4.78, 5) is 4.34. The van der Waals surface area contributed by atoms with Gasteiger partial charge in [0.2, 0.25) is 5.82 Å². The van der Waals surface area contributed by atoms with Crippen LogP contribution in [0.5, 0.6) is 0 Å². The fourth-order valence-electron chi connectivity index (χ4n) is 1.92. The molecule has 0 aromatic carbocycles. The van der Waals surface area contributed by atoms with Crippen molar-refractivity contribution in [1.29, 1.82) is 0 Å². The molecule has 0 radical (unpaired) electrons. The van der Waals surface area contributed by atoms with E-state index in [2.05, 4.69) is 36.9 Å². The lowest BCUT2D eigenvalue weighted by Gasteiger charge is -2.13. The van der Waals surface area contributed by atoms with Gasteiger partial charge in [-0.3, -0.25) is 0 Å². The van der Waals surface area contributed by atoms with E-state index < -0.39 is 0 Å². The van der Waals surface area contributed by atoms with Gasteiger partial charge in [0.05, 0.1) is 6.54 Å². The zero-order chi connectivity index (χ0) is 12.4. The second kappa shape index (κ2) is 4.59. The topological polar surface area (TPSA) is 55.6 Å². The fourth-order valence-corrected chi connectivity index (χ4v) is 1.92. The number of hydrogen-bond donors (Lipinski definition) is 1. The number of nitrogens with zero attached hydrogens (tertiary/aromatic N) is 4. The Kier molecular flexibility index (Phi) is 2.79. The van der Waals surface area contributed by atoms with E-state index in [4.69, 9.17) is 0 Å². The molecule has 90 valence electrons. The molecule has 1 N–H and O–H groups in total. The Balaban J connectivity index is 1.91. The molecule has 0 aliphatic carbocycles. The second-order valence-corrected chi connectivity index (χ2v) is 4.18. The minimum absolute atomic E-state index is 0.717. The Morgan fingerprint density at radius 2 is 2.22 bits per heavy atom. The van der Waals surface area contributed by atoms with Crippen LogP contribution in [0, 0.1) is 18.8 Å². The van der Waals surface area contributed by atoms with Crippen LogP contribution in [0.15, 0.2) is 18.2 Å². The van der Waals surface area contributed by atoms with Crippen molar-refractivity contribution >= 4 is 0 Å². The molecule has 0 amide bonds. The maximum Gasteiger partial charge on any atom is 0.208 e. The molecule has 18 heavy (non-hydrogen) atoms. The van der Waals surface area contributed by atoms with Crippen LogP contribution in [0.25, 0.3) is 0 Å². The summed E-state index contributed by atoms with van der Waals surface area (Å²) in [6.45, 7) is 4.52. The first-order valence-electron chi connectivity index (χ1n) is 5.91. The van der Waals surface area contributed by atoms with Crippen molar-refractivity contribution in [2.24, 2.45) is 0 Å². The molecule has 1 aliphatic rings. The van der Waals surface area contributed by atoms with Crippen LogP contribution in [-0.2, 0) is 13.1 Å². The van der Waals surface area contributed by atoms with Crippen molar-refractivity contribution in [3.05, 3.63) is 41.2 Å². The van der Waals surface area contributed by atoms with Crippen molar-refractivity contribution < 1.29 is 0 Å². The number of aryl methyl sites for hydroxylation is 1. The van der Waals surface area contributed by atoms with Gasteiger partial charge < -0.3 is 9.88 Å². The van der Waals surface area contributed by atoms with E-state index in [1.165, 1.54) is 0 Å². The Morgan fingerprint density at radius 3 is 3.11 bits per heavy atom. The molecule has 1 aliphatic heterocycles. The first-order valence-corrected chi connectivity index (χ1v) is 5.91. The predicted molar refractivity (Wildman–Crippen MR) is 66.7 cm³/mol. The molecule has 0 saturated carbocycles. The largest absolute Gasteiger partial charge is 0.308 e. The number of hydrogen-bond acceptors (Lipinski definition) is 4. The first-order chi connectivity index (χ1) is 8.83. The van der Waals surface area contributed by atoms with Crippen molar-refractivity contribution in [1.82, 2.24) is 25.1 Å². The van der Waals surface area contributed by atoms with Crippen molar-refractivity contribution in [2.45, 2.75) is 20.0 Å². The fraction of sp³-hybridized carbons (Fsp3) is 0.308.